The SMILES string of the molecule is CCOc1nc(Cl)nc2c(Cl)cc(OC)c(OC)c12. The van der Waals surface area contributed by atoms with Gasteiger partial charge in [-0.15, -0.1) is 0 Å². The first-order valence-electron chi connectivity index (χ1n) is 5.52. The number of aromatic nitrogens is 2. The van der Waals surface area contributed by atoms with Gasteiger partial charge < -0.3 is 14.2 Å². The third-order valence-corrected chi connectivity index (χ3v) is 2.95. The van der Waals surface area contributed by atoms with E-state index in [0.717, 1.165) is 0 Å². The van der Waals surface area contributed by atoms with E-state index in [1.165, 1.54) is 14.2 Å². The zero-order valence-corrected chi connectivity index (χ0v) is 12.2. The predicted molar refractivity (Wildman–Crippen MR) is 73.8 cm³/mol. The van der Waals surface area contributed by atoms with Gasteiger partial charge in [-0.25, -0.2) is 4.98 Å². The normalized spacial score (nSPS) is 10.6. The van der Waals surface area contributed by atoms with Crippen molar-refractivity contribution in [2.24, 2.45) is 0 Å². The molecule has 0 bridgehead atoms. The quantitative estimate of drug-likeness (QED) is 0.811. The van der Waals surface area contributed by atoms with Crippen LogP contribution in [0.2, 0.25) is 10.3 Å². The van der Waals surface area contributed by atoms with Crippen LogP contribution in [0.15, 0.2) is 6.07 Å². The molecule has 0 aliphatic heterocycles. The highest BCUT2D eigenvalue weighted by atomic mass is 35.5. The van der Waals surface area contributed by atoms with Crippen molar-refractivity contribution >= 4 is 34.1 Å². The van der Waals surface area contributed by atoms with Gasteiger partial charge in [0.25, 0.3) is 0 Å². The van der Waals surface area contributed by atoms with E-state index in [9.17, 15) is 0 Å². The molecule has 1 aromatic carbocycles. The first kappa shape index (κ1) is 14.0. The summed E-state index contributed by atoms with van der Waals surface area (Å²) in [5.74, 6) is 1.25. The Hall–Kier alpha value is -1.46. The number of halogens is 2. The molecule has 0 amide bonds. The molecular weight excluding hydrogens is 291 g/mol. The monoisotopic (exact) mass is 302 g/mol. The molecule has 0 spiro atoms. The molecule has 0 aliphatic carbocycles. The molecule has 0 saturated heterocycles. The van der Waals surface area contributed by atoms with Gasteiger partial charge in [0.1, 0.15) is 10.9 Å². The second-order valence-electron chi connectivity index (χ2n) is 3.55. The van der Waals surface area contributed by atoms with Crippen molar-refractivity contribution in [2.45, 2.75) is 6.92 Å². The van der Waals surface area contributed by atoms with Crippen molar-refractivity contribution in [3.63, 3.8) is 0 Å². The zero-order chi connectivity index (χ0) is 14.0. The van der Waals surface area contributed by atoms with E-state index in [-0.39, 0.29) is 5.28 Å². The Kier molecular flexibility index (Phi) is 4.17. The first-order valence-corrected chi connectivity index (χ1v) is 6.28. The number of nitrogens with zero attached hydrogens (tertiary/aromatic N) is 2. The summed E-state index contributed by atoms with van der Waals surface area (Å²) in [6.45, 7) is 2.27. The van der Waals surface area contributed by atoms with Gasteiger partial charge in [0.05, 0.1) is 25.8 Å². The second-order valence-corrected chi connectivity index (χ2v) is 4.29. The fourth-order valence-electron chi connectivity index (χ4n) is 1.76. The standard InChI is InChI=1S/C12H12Cl2N2O3/c1-4-19-11-8-9(15-12(14)16-11)6(13)5-7(17-2)10(8)18-3/h5H,4H2,1-3H3. The molecule has 0 saturated carbocycles. The van der Waals surface area contributed by atoms with E-state index in [2.05, 4.69) is 9.97 Å². The number of fused-ring (bicyclic) bond motifs is 1. The van der Waals surface area contributed by atoms with Crippen LogP contribution in [0.5, 0.6) is 17.4 Å². The van der Waals surface area contributed by atoms with Gasteiger partial charge in [-0.2, -0.15) is 4.98 Å². The van der Waals surface area contributed by atoms with Crippen molar-refractivity contribution in [3.8, 4) is 17.4 Å². The highest BCUT2D eigenvalue weighted by molar-refractivity contribution is 6.36. The number of benzene rings is 1. The fourth-order valence-corrected chi connectivity index (χ4v) is 2.16. The number of rotatable bonds is 4. The Balaban J connectivity index is 2.89. The number of methoxy groups -OCH3 is 2. The van der Waals surface area contributed by atoms with Gasteiger partial charge in [0.2, 0.25) is 11.2 Å². The van der Waals surface area contributed by atoms with Gasteiger partial charge >= 0.3 is 0 Å². The molecular formula is C12H12Cl2N2O3. The molecule has 1 heterocycles. The van der Waals surface area contributed by atoms with Gasteiger partial charge in [0.15, 0.2) is 11.5 Å². The lowest BCUT2D eigenvalue weighted by Crippen LogP contribution is -2.01. The molecule has 0 aliphatic rings. The molecule has 102 valence electrons. The molecule has 0 atom stereocenters. The molecule has 0 unspecified atom stereocenters. The van der Waals surface area contributed by atoms with Gasteiger partial charge in [-0.3, -0.25) is 0 Å². The van der Waals surface area contributed by atoms with E-state index >= 15 is 0 Å². The fraction of sp³-hybridized carbons (Fsp3) is 0.333. The predicted octanol–water partition coefficient (Wildman–Crippen LogP) is 3.35. The van der Waals surface area contributed by atoms with Crippen LogP contribution in [0.4, 0.5) is 0 Å². The largest absolute Gasteiger partial charge is 0.493 e. The van der Waals surface area contributed by atoms with E-state index in [4.69, 9.17) is 37.4 Å². The van der Waals surface area contributed by atoms with Crippen LogP contribution in [0.25, 0.3) is 10.9 Å². The maximum absolute atomic E-state index is 6.17. The smallest absolute Gasteiger partial charge is 0.229 e. The maximum Gasteiger partial charge on any atom is 0.229 e. The minimum atomic E-state index is 0.0602. The summed E-state index contributed by atoms with van der Waals surface area (Å²) >= 11 is 12.0. The van der Waals surface area contributed by atoms with Crippen LogP contribution in [-0.2, 0) is 0 Å². The van der Waals surface area contributed by atoms with Crippen molar-refractivity contribution in [2.75, 3.05) is 20.8 Å². The maximum atomic E-state index is 6.17. The Bertz CT molecular complexity index is 620. The number of hydrogen-bond acceptors (Lipinski definition) is 5. The van der Waals surface area contributed by atoms with Gasteiger partial charge in [-0.05, 0) is 18.5 Å². The summed E-state index contributed by atoms with van der Waals surface area (Å²) in [6, 6.07) is 1.61. The Labute approximate surface area is 120 Å². The molecule has 1 aromatic heterocycles. The lowest BCUT2D eigenvalue weighted by Gasteiger charge is -2.14. The summed E-state index contributed by atoms with van der Waals surface area (Å²) in [7, 11) is 3.05. The third kappa shape index (κ3) is 2.48. The summed E-state index contributed by atoms with van der Waals surface area (Å²) in [4.78, 5) is 8.16. The van der Waals surface area contributed by atoms with Crippen LogP contribution in [0.3, 0.4) is 0 Å². The molecule has 19 heavy (non-hydrogen) atoms. The lowest BCUT2D eigenvalue weighted by atomic mass is 10.2. The van der Waals surface area contributed by atoms with Gasteiger partial charge in [0, 0.05) is 6.07 Å². The van der Waals surface area contributed by atoms with E-state index in [1.807, 2.05) is 6.92 Å². The number of hydrogen-bond donors (Lipinski definition) is 0. The average molecular weight is 303 g/mol. The third-order valence-electron chi connectivity index (χ3n) is 2.49. The average Bonchev–Trinajstić information content (AvgIpc) is 2.39. The molecule has 0 N–H and O–H groups in total. The lowest BCUT2D eigenvalue weighted by molar-refractivity contribution is 0.326. The molecule has 0 radical (unpaired) electrons. The Morgan fingerprint density at radius 3 is 2.47 bits per heavy atom. The topological polar surface area (TPSA) is 53.5 Å². The summed E-state index contributed by atoms with van der Waals surface area (Å²) in [5.41, 5.74) is 0.461. The van der Waals surface area contributed by atoms with Crippen molar-refractivity contribution in [1.29, 1.82) is 0 Å². The van der Waals surface area contributed by atoms with Crippen molar-refractivity contribution < 1.29 is 14.2 Å². The Morgan fingerprint density at radius 2 is 1.89 bits per heavy atom. The minimum Gasteiger partial charge on any atom is -0.493 e. The molecule has 7 heteroatoms. The summed E-state index contributed by atoms with van der Waals surface area (Å²) < 4.78 is 16.0. The van der Waals surface area contributed by atoms with E-state index in [0.29, 0.717) is 39.9 Å². The van der Waals surface area contributed by atoms with Crippen molar-refractivity contribution in [1.82, 2.24) is 9.97 Å². The summed E-state index contributed by atoms with van der Waals surface area (Å²) in [6.07, 6.45) is 0. The second kappa shape index (κ2) is 5.67. The molecule has 2 aromatic rings. The summed E-state index contributed by atoms with van der Waals surface area (Å²) in [5, 5.41) is 0.987. The van der Waals surface area contributed by atoms with Crippen LogP contribution >= 0.6 is 23.2 Å². The molecule has 2 rings (SSSR count). The van der Waals surface area contributed by atoms with E-state index in [1.54, 1.807) is 6.07 Å². The van der Waals surface area contributed by atoms with Crippen LogP contribution in [-0.4, -0.2) is 30.8 Å². The Morgan fingerprint density at radius 1 is 1.16 bits per heavy atom. The van der Waals surface area contributed by atoms with Crippen molar-refractivity contribution in [3.05, 3.63) is 16.4 Å². The molecule has 0 fully saturated rings. The van der Waals surface area contributed by atoms with Gasteiger partial charge in [-0.1, -0.05) is 11.6 Å². The highest BCUT2D eigenvalue weighted by Crippen LogP contribution is 2.43. The van der Waals surface area contributed by atoms with Crippen LogP contribution in [0, 0.1) is 0 Å². The van der Waals surface area contributed by atoms with E-state index < -0.39 is 0 Å². The first-order chi connectivity index (χ1) is 9.12. The van der Waals surface area contributed by atoms with Crippen LogP contribution < -0.4 is 14.2 Å². The highest BCUT2D eigenvalue weighted by Gasteiger charge is 2.20. The zero-order valence-electron chi connectivity index (χ0n) is 10.7. The molecule has 5 nitrogen and oxygen atoms in total. The number of ether oxygens (including phenoxy) is 3. The minimum absolute atomic E-state index is 0.0602. The van der Waals surface area contributed by atoms with Crippen LogP contribution in [0.1, 0.15) is 6.92 Å².